The normalized spacial score (nSPS) is 10.7. The zero-order chi connectivity index (χ0) is 18.8. The minimum absolute atomic E-state index is 0.0442. The summed E-state index contributed by atoms with van der Waals surface area (Å²) in [5, 5.41) is 18.9. The van der Waals surface area contributed by atoms with Gasteiger partial charge in [0.1, 0.15) is 5.02 Å². The third-order valence-corrected chi connectivity index (χ3v) is 4.17. The lowest BCUT2D eigenvalue weighted by molar-refractivity contribution is -0.384. The smallest absolute Gasteiger partial charge is 0.288 e. The molecular formula is C17H13ClN4O4. The van der Waals surface area contributed by atoms with Gasteiger partial charge in [0.2, 0.25) is 0 Å². The molecule has 0 fully saturated rings. The number of carbonyl (C=O) groups is 1. The van der Waals surface area contributed by atoms with Gasteiger partial charge in [0, 0.05) is 24.1 Å². The number of nitro benzene ring substituents is 1. The molecule has 0 atom stereocenters. The summed E-state index contributed by atoms with van der Waals surface area (Å²) >= 11 is 5.75. The van der Waals surface area contributed by atoms with Crippen LogP contribution in [-0.2, 0) is 13.6 Å². The first-order valence-electron chi connectivity index (χ1n) is 7.55. The van der Waals surface area contributed by atoms with Crippen molar-refractivity contribution < 1.29 is 9.72 Å². The fourth-order valence-electron chi connectivity index (χ4n) is 2.57. The maximum Gasteiger partial charge on any atom is 0.288 e. The molecule has 0 unspecified atom stereocenters. The molecule has 0 aliphatic carbocycles. The molecule has 0 aliphatic rings. The molecule has 3 aromatic rings. The number of halogens is 1. The van der Waals surface area contributed by atoms with Crippen molar-refractivity contribution in [3.8, 4) is 0 Å². The van der Waals surface area contributed by atoms with Crippen molar-refractivity contribution in [3.05, 3.63) is 79.2 Å². The molecule has 1 aromatic heterocycles. The molecule has 0 saturated heterocycles. The number of hydrogen-bond acceptors (Lipinski definition) is 5. The number of hydrogen-bond donors (Lipinski definition) is 1. The van der Waals surface area contributed by atoms with Gasteiger partial charge in [0.05, 0.1) is 22.5 Å². The SMILES string of the molecule is Cn1nc(CNC(=O)c2ccc(Cl)c([N+](=O)[O-])c2)c2ccccc2c1=O. The van der Waals surface area contributed by atoms with Crippen LogP contribution < -0.4 is 10.9 Å². The third kappa shape index (κ3) is 3.27. The number of aromatic nitrogens is 2. The van der Waals surface area contributed by atoms with E-state index >= 15 is 0 Å². The molecule has 0 aliphatic heterocycles. The van der Waals surface area contributed by atoms with Crippen LogP contribution in [-0.4, -0.2) is 20.6 Å². The van der Waals surface area contributed by atoms with Gasteiger partial charge in [-0.3, -0.25) is 19.7 Å². The highest BCUT2D eigenvalue weighted by molar-refractivity contribution is 6.32. The van der Waals surface area contributed by atoms with E-state index in [9.17, 15) is 19.7 Å². The Bertz CT molecular complexity index is 1090. The lowest BCUT2D eigenvalue weighted by Crippen LogP contribution is -2.27. The second kappa shape index (κ2) is 6.93. The average molecular weight is 373 g/mol. The summed E-state index contributed by atoms with van der Waals surface area (Å²) in [6, 6.07) is 10.8. The largest absolute Gasteiger partial charge is 0.346 e. The second-order valence-corrected chi connectivity index (χ2v) is 5.93. The molecular weight excluding hydrogens is 360 g/mol. The molecule has 1 N–H and O–H groups in total. The van der Waals surface area contributed by atoms with E-state index in [1.165, 1.54) is 23.9 Å². The molecule has 0 spiro atoms. The van der Waals surface area contributed by atoms with Crippen LogP contribution in [0.1, 0.15) is 16.1 Å². The van der Waals surface area contributed by atoms with Crippen LogP contribution in [0, 0.1) is 10.1 Å². The van der Waals surface area contributed by atoms with Crippen molar-refractivity contribution in [2.24, 2.45) is 7.05 Å². The number of aryl methyl sites for hydroxylation is 1. The van der Waals surface area contributed by atoms with Crippen LogP contribution in [0.3, 0.4) is 0 Å². The van der Waals surface area contributed by atoms with E-state index in [0.29, 0.717) is 16.5 Å². The number of nitro groups is 1. The number of nitrogens with one attached hydrogen (secondary N) is 1. The standard InChI is InChI=1S/C17H13ClN4O4/c1-21-17(24)12-5-3-2-4-11(12)14(20-21)9-19-16(23)10-6-7-13(18)15(8-10)22(25)26/h2-8H,9H2,1H3,(H,19,23). The van der Waals surface area contributed by atoms with Gasteiger partial charge in [0.15, 0.2) is 0 Å². The predicted molar refractivity (Wildman–Crippen MR) is 96.3 cm³/mol. The molecule has 2 aromatic carbocycles. The minimum Gasteiger partial charge on any atom is -0.346 e. The first-order chi connectivity index (χ1) is 12.4. The molecule has 0 saturated carbocycles. The Morgan fingerprint density at radius 1 is 1.27 bits per heavy atom. The molecule has 1 amide bonds. The lowest BCUT2D eigenvalue weighted by atomic mass is 10.1. The van der Waals surface area contributed by atoms with E-state index in [4.69, 9.17) is 11.6 Å². The topological polar surface area (TPSA) is 107 Å². The summed E-state index contributed by atoms with van der Waals surface area (Å²) in [7, 11) is 1.53. The summed E-state index contributed by atoms with van der Waals surface area (Å²) in [5.41, 5.74) is 0.0451. The number of benzene rings is 2. The van der Waals surface area contributed by atoms with E-state index in [0.717, 1.165) is 6.07 Å². The number of fused-ring (bicyclic) bond motifs is 1. The van der Waals surface area contributed by atoms with Gasteiger partial charge in [-0.2, -0.15) is 5.10 Å². The maximum absolute atomic E-state index is 12.3. The molecule has 9 heteroatoms. The zero-order valence-electron chi connectivity index (χ0n) is 13.6. The van der Waals surface area contributed by atoms with Gasteiger partial charge < -0.3 is 5.32 Å². The third-order valence-electron chi connectivity index (χ3n) is 3.85. The summed E-state index contributed by atoms with van der Waals surface area (Å²) < 4.78 is 1.21. The molecule has 0 bridgehead atoms. The Morgan fingerprint density at radius 3 is 2.65 bits per heavy atom. The van der Waals surface area contributed by atoms with Crippen LogP contribution >= 0.6 is 11.6 Å². The highest BCUT2D eigenvalue weighted by Crippen LogP contribution is 2.25. The minimum atomic E-state index is -0.652. The van der Waals surface area contributed by atoms with E-state index in [2.05, 4.69) is 10.4 Å². The number of rotatable bonds is 4. The van der Waals surface area contributed by atoms with Gasteiger partial charge in [-0.15, -0.1) is 0 Å². The van der Waals surface area contributed by atoms with Crippen LogP contribution in [0.25, 0.3) is 10.8 Å². The summed E-state index contributed by atoms with van der Waals surface area (Å²) in [6.45, 7) is 0.0594. The lowest BCUT2D eigenvalue weighted by Gasteiger charge is -2.09. The molecule has 8 nitrogen and oxygen atoms in total. The van der Waals surface area contributed by atoms with Gasteiger partial charge in [-0.25, -0.2) is 4.68 Å². The van der Waals surface area contributed by atoms with Gasteiger partial charge in [-0.05, 0) is 18.2 Å². The van der Waals surface area contributed by atoms with Crippen LogP contribution in [0.5, 0.6) is 0 Å². The second-order valence-electron chi connectivity index (χ2n) is 5.53. The quantitative estimate of drug-likeness (QED) is 0.559. The monoisotopic (exact) mass is 372 g/mol. The van der Waals surface area contributed by atoms with Gasteiger partial charge >= 0.3 is 0 Å². The molecule has 132 valence electrons. The van der Waals surface area contributed by atoms with Crippen molar-refractivity contribution in [1.29, 1.82) is 0 Å². The Hall–Kier alpha value is -3.26. The van der Waals surface area contributed by atoms with E-state index < -0.39 is 10.8 Å². The Balaban J connectivity index is 1.88. The number of carbonyl (C=O) groups excluding carboxylic acids is 1. The highest BCUT2D eigenvalue weighted by atomic mass is 35.5. The maximum atomic E-state index is 12.3. The Morgan fingerprint density at radius 2 is 1.96 bits per heavy atom. The van der Waals surface area contributed by atoms with Gasteiger partial charge in [0.25, 0.3) is 17.2 Å². The van der Waals surface area contributed by atoms with E-state index in [1.807, 2.05) is 0 Å². The Kier molecular flexibility index (Phi) is 4.68. The van der Waals surface area contributed by atoms with Crippen LogP contribution in [0.2, 0.25) is 5.02 Å². The molecule has 3 rings (SSSR count). The fourth-order valence-corrected chi connectivity index (χ4v) is 2.75. The highest BCUT2D eigenvalue weighted by Gasteiger charge is 2.17. The summed E-state index contributed by atoms with van der Waals surface area (Å²) in [4.78, 5) is 34.7. The molecule has 26 heavy (non-hydrogen) atoms. The van der Waals surface area contributed by atoms with Crippen molar-refractivity contribution in [2.45, 2.75) is 6.54 Å². The van der Waals surface area contributed by atoms with Crippen LogP contribution in [0.4, 0.5) is 5.69 Å². The predicted octanol–water partition coefficient (Wildman–Crippen LogP) is 2.43. The number of amides is 1. The molecule has 0 radical (unpaired) electrons. The summed E-state index contributed by atoms with van der Waals surface area (Å²) in [5.74, 6) is -0.510. The fraction of sp³-hybridized carbons (Fsp3) is 0.118. The van der Waals surface area contributed by atoms with Gasteiger partial charge in [-0.1, -0.05) is 29.8 Å². The average Bonchev–Trinajstić information content (AvgIpc) is 2.63. The van der Waals surface area contributed by atoms with Crippen molar-refractivity contribution in [1.82, 2.24) is 15.1 Å². The zero-order valence-corrected chi connectivity index (χ0v) is 14.4. The number of nitrogens with zero attached hydrogens (tertiary/aromatic N) is 3. The van der Waals surface area contributed by atoms with E-state index in [1.54, 1.807) is 24.3 Å². The van der Waals surface area contributed by atoms with Crippen molar-refractivity contribution in [2.75, 3.05) is 0 Å². The van der Waals surface area contributed by atoms with Crippen molar-refractivity contribution >= 4 is 34.0 Å². The first kappa shape index (κ1) is 17.6. The molecule has 1 heterocycles. The summed E-state index contributed by atoms with van der Waals surface area (Å²) in [6.07, 6.45) is 0. The van der Waals surface area contributed by atoms with Crippen LogP contribution in [0.15, 0.2) is 47.3 Å². The van der Waals surface area contributed by atoms with Crippen molar-refractivity contribution in [3.63, 3.8) is 0 Å². The Labute approximate surface area is 152 Å². The first-order valence-corrected chi connectivity index (χ1v) is 7.93. The van der Waals surface area contributed by atoms with E-state index in [-0.39, 0.29) is 28.4 Å².